The third kappa shape index (κ3) is 10.1. The van der Waals surface area contributed by atoms with E-state index in [2.05, 4.69) is 12.1 Å². The first kappa shape index (κ1) is 30.0. The molecule has 0 saturated carbocycles. The Kier molecular flexibility index (Phi) is 13.1. The minimum absolute atomic E-state index is 0.419. The Bertz CT molecular complexity index is 1020. The minimum Gasteiger partial charge on any atom is -0.493 e. The van der Waals surface area contributed by atoms with Crippen molar-refractivity contribution in [3.05, 3.63) is 65.2 Å². The summed E-state index contributed by atoms with van der Waals surface area (Å²) in [6.45, 7) is 0. The number of nitrogens with zero attached hydrogens (tertiary/aromatic N) is 1. The van der Waals surface area contributed by atoms with Crippen molar-refractivity contribution >= 4 is 17.9 Å². The highest BCUT2D eigenvalue weighted by atomic mass is 16.7. The Labute approximate surface area is 210 Å². The molecule has 0 bridgehead atoms. The molecule has 0 atom stereocenters. The van der Waals surface area contributed by atoms with Gasteiger partial charge in [-0.05, 0) is 37.3 Å². The Morgan fingerprint density at radius 1 is 0.833 bits per heavy atom. The van der Waals surface area contributed by atoms with Gasteiger partial charge < -0.3 is 29.3 Å². The molecule has 0 aliphatic carbocycles. The van der Waals surface area contributed by atoms with Crippen LogP contribution in [0.1, 0.15) is 34.3 Å². The van der Waals surface area contributed by atoms with Gasteiger partial charge in [-0.1, -0.05) is 30.3 Å². The first-order valence-electron chi connectivity index (χ1n) is 11.0. The highest BCUT2D eigenvalue weighted by Gasteiger charge is 2.25. The molecule has 0 aliphatic heterocycles. The number of carbonyl (C=O) groups is 3. The Balaban J connectivity index is 0.000000697. The number of ether oxygens (including phenoxy) is 3. The molecule has 36 heavy (non-hydrogen) atoms. The Morgan fingerprint density at radius 3 is 1.86 bits per heavy atom. The molecule has 0 spiro atoms. The van der Waals surface area contributed by atoms with Gasteiger partial charge in [0, 0.05) is 31.8 Å². The van der Waals surface area contributed by atoms with E-state index in [1.807, 2.05) is 18.2 Å². The number of hydrogen-bond donors (Lipinski definition) is 2. The summed E-state index contributed by atoms with van der Waals surface area (Å²) in [5, 5.41) is 17.0. The molecule has 0 radical (unpaired) electrons. The van der Waals surface area contributed by atoms with Gasteiger partial charge in [0.2, 0.25) is 5.75 Å². The predicted octanol–water partition coefficient (Wildman–Crippen LogP) is 3.62. The fourth-order valence-corrected chi connectivity index (χ4v) is 3.28. The van der Waals surface area contributed by atoms with E-state index < -0.39 is 17.9 Å². The lowest BCUT2D eigenvalue weighted by molar-refractivity contribution is -0.134. The zero-order chi connectivity index (χ0) is 27.1. The van der Waals surface area contributed by atoms with Crippen LogP contribution >= 0.6 is 0 Å². The van der Waals surface area contributed by atoms with Crippen molar-refractivity contribution in [2.75, 3.05) is 35.4 Å². The van der Waals surface area contributed by atoms with E-state index in [1.165, 1.54) is 17.7 Å². The Hall–Kier alpha value is -4.05. The molecule has 0 aromatic heterocycles. The smallest absolute Gasteiger partial charge is 0.357 e. The Morgan fingerprint density at radius 2 is 1.39 bits per heavy atom. The van der Waals surface area contributed by atoms with Crippen molar-refractivity contribution in [2.45, 2.75) is 25.7 Å². The van der Waals surface area contributed by atoms with Gasteiger partial charge in [0.05, 0.1) is 26.9 Å². The summed E-state index contributed by atoms with van der Waals surface area (Å²) in [7, 11) is 7.96. The van der Waals surface area contributed by atoms with Crippen LogP contribution in [0.3, 0.4) is 0 Å². The van der Waals surface area contributed by atoms with Crippen LogP contribution < -0.4 is 14.2 Å². The van der Waals surface area contributed by atoms with Crippen LogP contribution in [-0.2, 0) is 27.3 Å². The van der Waals surface area contributed by atoms with Crippen molar-refractivity contribution in [3.63, 3.8) is 0 Å². The lowest BCUT2D eigenvalue weighted by atomic mass is 9.97. The predicted molar refractivity (Wildman–Crippen MR) is 133 cm³/mol. The van der Waals surface area contributed by atoms with Crippen LogP contribution in [0.4, 0.5) is 0 Å². The summed E-state index contributed by atoms with van der Waals surface area (Å²) < 4.78 is 16.5. The maximum Gasteiger partial charge on any atom is 0.357 e. The quantitative estimate of drug-likeness (QED) is 0.251. The van der Waals surface area contributed by atoms with Crippen LogP contribution in [0.15, 0.2) is 48.6 Å². The second-order valence-corrected chi connectivity index (χ2v) is 7.57. The summed E-state index contributed by atoms with van der Waals surface area (Å²) in [5.74, 6) is -1.56. The van der Waals surface area contributed by atoms with Gasteiger partial charge in [-0.15, -0.1) is 5.06 Å². The van der Waals surface area contributed by atoms with Crippen molar-refractivity contribution in [2.24, 2.45) is 0 Å². The third-order valence-corrected chi connectivity index (χ3v) is 4.77. The minimum atomic E-state index is -1.26. The van der Waals surface area contributed by atoms with Crippen LogP contribution in [0.5, 0.6) is 17.2 Å². The molecule has 10 nitrogen and oxygen atoms in total. The average Bonchev–Trinajstić information content (AvgIpc) is 2.85. The lowest BCUT2D eigenvalue weighted by Gasteiger charge is -2.20. The molecular formula is C26H33NO9. The van der Waals surface area contributed by atoms with Crippen molar-refractivity contribution in [1.29, 1.82) is 0 Å². The summed E-state index contributed by atoms with van der Waals surface area (Å²) in [6, 6.07) is 12.0. The van der Waals surface area contributed by atoms with E-state index in [9.17, 15) is 14.4 Å². The normalized spacial score (nSPS) is 10.4. The number of aliphatic carboxylic acids is 2. The number of aryl methyl sites for hydroxylation is 1. The largest absolute Gasteiger partial charge is 0.493 e. The van der Waals surface area contributed by atoms with Gasteiger partial charge in [0.15, 0.2) is 11.5 Å². The molecule has 10 heteroatoms. The van der Waals surface area contributed by atoms with E-state index in [0.717, 1.165) is 24.8 Å². The first-order chi connectivity index (χ1) is 17.1. The molecule has 0 saturated heterocycles. The van der Waals surface area contributed by atoms with E-state index in [0.29, 0.717) is 41.4 Å². The van der Waals surface area contributed by atoms with E-state index in [4.69, 9.17) is 29.3 Å². The second-order valence-electron chi connectivity index (χ2n) is 7.57. The maximum absolute atomic E-state index is 12.7. The third-order valence-electron chi connectivity index (χ3n) is 4.77. The van der Waals surface area contributed by atoms with Crippen molar-refractivity contribution in [1.82, 2.24) is 5.06 Å². The molecule has 0 fully saturated rings. The number of carboxylic acids is 2. The highest BCUT2D eigenvalue weighted by molar-refractivity contribution is 5.93. The van der Waals surface area contributed by atoms with Crippen LogP contribution in [0.25, 0.3) is 0 Å². The molecule has 2 aromatic rings. The van der Waals surface area contributed by atoms with Gasteiger partial charge in [0.1, 0.15) is 0 Å². The first-order valence-corrected chi connectivity index (χ1v) is 11.0. The summed E-state index contributed by atoms with van der Waals surface area (Å²) in [6.07, 6.45) is 4.64. The number of carboxylic acid groups (broad SMARTS) is 2. The molecular weight excluding hydrogens is 470 g/mol. The summed E-state index contributed by atoms with van der Waals surface area (Å²) in [4.78, 5) is 37.0. The number of carbonyl (C=O) groups excluding carboxylic acids is 1. The van der Waals surface area contributed by atoms with Crippen molar-refractivity contribution < 1.29 is 43.6 Å². The van der Waals surface area contributed by atoms with E-state index in [1.54, 1.807) is 34.4 Å². The SMILES string of the molecule is COc1cc(C(=O)ON(C)C)c(CCCCc2ccccc2)c(OC)c1OC.O=C(O)/C=C\C(=O)O. The van der Waals surface area contributed by atoms with Gasteiger partial charge in [0.25, 0.3) is 0 Å². The molecule has 196 valence electrons. The van der Waals surface area contributed by atoms with Gasteiger partial charge >= 0.3 is 17.9 Å². The molecule has 0 unspecified atom stereocenters. The van der Waals surface area contributed by atoms with E-state index >= 15 is 0 Å². The standard InChI is InChI=1S/C22H29NO5.C4H4O4/c1-23(2)28-22(24)18-15-19(25-3)21(27-5)20(26-4)17(18)14-10-9-13-16-11-7-6-8-12-16;5-3(6)1-2-4(7)8/h6-8,11-12,15H,9-10,13-14H2,1-5H3;1-2H,(H,5,6)(H,7,8)/b;2-1-. The second kappa shape index (κ2) is 15.8. The van der Waals surface area contributed by atoms with Gasteiger partial charge in [-0.2, -0.15) is 0 Å². The molecule has 2 rings (SSSR count). The maximum atomic E-state index is 12.7. The number of hydroxylamine groups is 2. The lowest BCUT2D eigenvalue weighted by Crippen LogP contribution is -2.20. The average molecular weight is 504 g/mol. The van der Waals surface area contributed by atoms with Crippen LogP contribution in [0, 0.1) is 0 Å². The molecule has 2 aromatic carbocycles. The summed E-state index contributed by atoms with van der Waals surface area (Å²) >= 11 is 0. The fraction of sp³-hybridized carbons (Fsp3) is 0.346. The number of methoxy groups -OCH3 is 3. The van der Waals surface area contributed by atoms with Crippen molar-refractivity contribution in [3.8, 4) is 17.2 Å². The monoisotopic (exact) mass is 503 g/mol. The molecule has 2 N–H and O–H groups in total. The molecule has 0 amide bonds. The number of hydrogen-bond acceptors (Lipinski definition) is 8. The van der Waals surface area contributed by atoms with Gasteiger partial charge in [-0.3, -0.25) is 0 Å². The van der Waals surface area contributed by atoms with E-state index in [-0.39, 0.29) is 0 Å². The highest BCUT2D eigenvalue weighted by Crippen LogP contribution is 2.43. The number of benzene rings is 2. The zero-order valence-corrected chi connectivity index (χ0v) is 21.1. The zero-order valence-electron chi connectivity index (χ0n) is 21.1. The topological polar surface area (TPSA) is 132 Å². The summed E-state index contributed by atoms with van der Waals surface area (Å²) in [5.41, 5.74) is 2.48. The van der Waals surface area contributed by atoms with Crippen LogP contribution in [0.2, 0.25) is 0 Å². The number of rotatable bonds is 12. The fourth-order valence-electron chi connectivity index (χ4n) is 3.28. The van der Waals surface area contributed by atoms with Gasteiger partial charge in [-0.25, -0.2) is 14.4 Å². The number of unbranched alkanes of at least 4 members (excludes halogenated alkanes) is 1. The van der Waals surface area contributed by atoms with Crippen LogP contribution in [-0.4, -0.2) is 68.6 Å². The molecule has 0 heterocycles. The molecule has 0 aliphatic rings.